The Bertz CT molecular complexity index is 173. The fraction of sp³-hybridized carbons (Fsp3) is 0.400. The average molecular weight is 129 g/mol. The molecule has 0 atom stereocenters. The van der Waals surface area contributed by atoms with Gasteiger partial charge in [0.1, 0.15) is 0 Å². The summed E-state index contributed by atoms with van der Waals surface area (Å²) in [6.07, 6.45) is 3.43. The van der Waals surface area contributed by atoms with Crippen LogP contribution >= 0.6 is 11.8 Å². The molecule has 0 aliphatic carbocycles. The molecule has 0 N–H and O–H groups in total. The summed E-state index contributed by atoms with van der Waals surface area (Å²) in [5, 5.41) is 0.907. The van der Waals surface area contributed by atoms with Gasteiger partial charge in [-0.2, -0.15) is 0 Å². The van der Waals surface area contributed by atoms with Gasteiger partial charge in [-0.15, -0.1) is 0 Å². The maximum absolute atomic E-state index is 4.97. The largest absolute Gasteiger partial charge is 0.437 e. The van der Waals surface area contributed by atoms with Crippen LogP contribution < -0.4 is 0 Å². The van der Waals surface area contributed by atoms with Gasteiger partial charge in [0.2, 0.25) is 0 Å². The van der Waals surface area contributed by atoms with Crippen molar-refractivity contribution in [3.05, 3.63) is 12.1 Å². The van der Waals surface area contributed by atoms with Crippen molar-refractivity contribution in [2.45, 2.75) is 12.0 Å². The molecule has 0 aliphatic heterocycles. The standard InChI is InChI=1S/C5H7NOS/c1-4-5(8-2)7-3-6-4/h3H,1-2H3. The molecule has 3 heteroatoms. The van der Waals surface area contributed by atoms with Crippen LogP contribution in [-0.4, -0.2) is 11.2 Å². The van der Waals surface area contributed by atoms with Gasteiger partial charge in [-0.05, 0) is 13.2 Å². The van der Waals surface area contributed by atoms with E-state index in [1.807, 2.05) is 13.2 Å². The van der Waals surface area contributed by atoms with E-state index in [1.165, 1.54) is 6.39 Å². The summed E-state index contributed by atoms with van der Waals surface area (Å²) in [5.74, 6) is 0. The molecule has 1 aromatic heterocycles. The zero-order valence-electron chi connectivity index (χ0n) is 4.84. The van der Waals surface area contributed by atoms with Crippen LogP contribution in [0.25, 0.3) is 0 Å². The first kappa shape index (κ1) is 5.69. The highest BCUT2D eigenvalue weighted by atomic mass is 32.2. The Morgan fingerprint density at radius 1 is 1.75 bits per heavy atom. The number of hydrogen-bond donors (Lipinski definition) is 0. The lowest BCUT2D eigenvalue weighted by Gasteiger charge is -1.84. The van der Waals surface area contributed by atoms with E-state index in [1.54, 1.807) is 11.8 Å². The Hall–Kier alpha value is -0.440. The van der Waals surface area contributed by atoms with Crippen molar-refractivity contribution in [1.29, 1.82) is 0 Å². The number of rotatable bonds is 1. The SMILES string of the molecule is CSc1ocnc1C. The zero-order valence-corrected chi connectivity index (χ0v) is 5.66. The molecule has 0 fully saturated rings. The van der Waals surface area contributed by atoms with Gasteiger partial charge in [0.25, 0.3) is 0 Å². The van der Waals surface area contributed by atoms with Gasteiger partial charge in [-0.25, -0.2) is 4.98 Å². The van der Waals surface area contributed by atoms with Gasteiger partial charge in [-0.3, -0.25) is 0 Å². The maximum Gasteiger partial charge on any atom is 0.183 e. The molecule has 1 rings (SSSR count). The number of aryl methyl sites for hydroxylation is 1. The van der Waals surface area contributed by atoms with Crippen LogP contribution in [0.15, 0.2) is 15.9 Å². The topological polar surface area (TPSA) is 26.0 Å². The smallest absolute Gasteiger partial charge is 0.183 e. The lowest BCUT2D eigenvalue weighted by molar-refractivity contribution is 0.467. The second-order valence-corrected chi connectivity index (χ2v) is 2.21. The Balaban J connectivity index is 2.92. The molecule has 2 nitrogen and oxygen atoms in total. The third kappa shape index (κ3) is 0.865. The Labute approximate surface area is 52.3 Å². The van der Waals surface area contributed by atoms with Crippen molar-refractivity contribution in [2.24, 2.45) is 0 Å². The van der Waals surface area contributed by atoms with Crippen molar-refractivity contribution in [2.75, 3.05) is 6.26 Å². The highest BCUT2D eigenvalue weighted by molar-refractivity contribution is 7.98. The summed E-state index contributed by atoms with van der Waals surface area (Å²) < 4.78 is 4.97. The van der Waals surface area contributed by atoms with Gasteiger partial charge < -0.3 is 4.42 Å². The van der Waals surface area contributed by atoms with Crippen LogP contribution in [0.1, 0.15) is 5.69 Å². The molecule has 8 heavy (non-hydrogen) atoms. The van der Waals surface area contributed by atoms with Crippen molar-refractivity contribution in [1.82, 2.24) is 4.98 Å². The summed E-state index contributed by atoms with van der Waals surface area (Å²) in [4.78, 5) is 3.90. The second-order valence-electron chi connectivity index (χ2n) is 1.43. The van der Waals surface area contributed by atoms with E-state index < -0.39 is 0 Å². The minimum Gasteiger partial charge on any atom is -0.437 e. The van der Waals surface area contributed by atoms with Crippen molar-refractivity contribution < 1.29 is 4.42 Å². The molecule has 44 valence electrons. The van der Waals surface area contributed by atoms with Crippen LogP contribution in [0, 0.1) is 6.92 Å². The third-order valence-electron chi connectivity index (χ3n) is 0.887. The van der Waals surface area contributed by atoms with Crippen molar-refractivity contribution in [3.63, 3.8) is 0 Å². The highest BCUT2D eigenvalue weighted by Gasteiger charge is 1.97. The summed E-state index contributed by atoms with van der Waals surface area (Å²) in [6.45, 7) is 1.93. The van der Waals surface area contributed by atoms with E-state index >= 15 is 0 Å². The molecular formula is C5H7NOS. The Kier molecular flexibility index (Phi) is 1.58. The third-order valence-corrected chi connectivity index (χ3v) is 1.65. The maximum atomic E-state index is 4.97. The molecule has 0 amide bonds. The number of hydrogen-bond acceptors (Lipinski definition) is 3. The van der Waals surface area contributed by atoms with Crippen molar-refractivity contribution >= 4 is 11.8 Å². The first-order valence-corrected chi connectivity index (χ1v) is 3.51. The van der Waals surface area contributed by atoms with E-state index in [2.05, 4.69) is 4.98 Å². The Morgan fingerprint density at radius 2 is 2.50 bits per heavy atom. The monoisotopic (exact) mass is 129 g/mol. The normalized spacial score (nSPS) is 9.75. The van der Waals surface area contributed by atoms with E-state index in [-0.39, 0.29) is 0 Å². The lowest BCUT2D eigenvalue weighted by Crippen LogP contribution is -1.68. The van der Waals surface area contributed by atoms with Crippen molar-refractivity contribution in [3.8, 4) is 0 Å². The fourth-order valence-electron chi connectivity index (χ4n) is 0.487. The predicted octanol–water partition coefficient (Wildman–Crippen LogP) is 1.70. The van der Waals surface area contributed by atoms with E-state index in [9.17, 15) is 0 Å². The molecular weight excluding hydrogens is 122 g/mol. The first-order valence-electron chi connectivity index (χ1n) is 2.28. The van der Waals surface area contributed by atoms with Gasteiger partial charge >= 0.3 is 0 Å². The van der Waals surface area contributed by atoms with Crippen LogP contribution in [-0.2, 0) is 0 Å². The molecule has 1 heterocycles. The number of thioether (sulfide) groups is 1. The van der Waals surface area contributed by atoms with E-state index in [0.29, 0.717) is 0 Å². The molecule has 0 bridgehead atoms. The highest BCUT2D eigenvalue weighted by Crippen LogP contribution is 2.16. The lowest BCUT2D eigenvalue weighted by atomic mass is 10.6. The minimum atomic E-state index is 0.907. The fourth-order valence-corrected chi connectivity index (χ4v) is 0.974. The summed E-state index contributed by atoms with van der Waals surface area (Å²) in [7, 11) is 0. The predicted molar refractivity (Wildman–Crippen MR) is 33.0 cm³/mol. The van der Waals surface area contributed by atoms with Crippen LogP contribution in [0.4, 0.5) is 0 Å². The quantitative estimate of drug-likeness (QED) is 0.540. The molecule has 1 aromatic rings. The van der Waals surface area contributed by atoms with Gasteiger partial charge in [0, 0.05) is 0 Å². The molecule has 0 aromatic carbocycles. The summed E-state index contributed by atoms with van der Waals surface area (Å²) in [6, 6.07) is 0. The van der Waals surface area contributed by atoms with Crippen LogP contribution in [0.2, 0.25) is 0 Å². The minimum absolute atomic E-state index is 0.907. The number of nitrogens with zero attached hydrogens (tertiary/aromatic N) is 1. The molecule has 0 saturated heterocycles. The number of aromatic nitrogens is 1. The molecule has 0 radical (unpaired) electrons. The van der Waals surface area contributed by atoms with E-state index in [0.717, 1.165) is 10.8 Å². The van der Waals surface area contributed by atoms with Gasteiger partial charge in [-0.1, -0.05) is 11.8 Å². The van der Waals surface area contributed by atoms with Crippen LogP contribution in [0.5, 0.6) is 0 Å². The Morgan fingerprint density at radius 3 is 2.75 bits per heavy atom. The molecule has 0 saturated carbocycles. The van der Waals surface area contributed by atoms with Gasteiger partial charge in [0.05, 0.1) is 5.69 Å². The molecule has 0 spiro atoms. The summed E-state index contributed by atoms with van der Waals surface area (Å²) in [5.41, 5.74) is 0.970. The second kappa shape index (κ2) is 2.22. The average Bonchev–Trinajstić information content (AvgIpc) is 2.14. The first-order chi connectivity index (χ1) is 3.84. The zero-order chi connectivity index (χ0) is 5.98. The number of oxazole rings is 1. The summed E-state index contributed by atoms with van der Waals surface area (Å²) >= 11 is 1.57. The van der Waals surface area contributed by atoms with Gasteiger partial charge in [0.15, 0.2) is 11.5 Å². The van der Waals surface area contributed by atoms with Crippen LogP contribution in [0.3, 0.4) is 0 Å². The van der Waals surface area contributed by atoms with E-state index in [4.69, 9.17) is 4.42 Å². The molecule has 0 unspecified atom stereocenters. The molecule has 0 aliphatic rings.